The monoisotopic (exact) mass is 496 g/mol. The third-order valence-electron chi connectivity index (χ3n) is 4.99. The highest BCUT2D eigenvalue weighted by atomic mass is 127. The van der Waals surface area contributed by atoms with Crippen molar-refractivity contribution in [2.45, 2.75) is 72.3 Å². The van der Waals surface area contributed by atoms with E-state index in [0.717, 1.165) is 64.2 Å². The Labute approximate surface area is 183 Å². The van der Waals surface area contributed by atoms with E-state index in [0.29, 0.717) is 30.2 Å². The molecule has 1 fully saturated rings. The summed E-state index contributed by atoms with van der Waals surface area (Å²) in [6.45, 7) is 12.1. The molecule has 160 valence electrons. The van der Waals surface area contributed by atoms with Crippen LogP contribution in [0.2, 0.25) is 0 Å². The van der Waals surface area contributed by atoms with Crippen molar-refractivity contribution in [2.24, 2.45) is 16.8 Å². The molecule has 0 aromatic heterocycles. The van der Waals surface area contributed by atoms with E-state index in [1.54, 1.807) is 0 Å². The second-order valence-corrected chi connectivity index (χ2v) is 7.70. The number of aliphatic hydroxyl groups is 1. The van der Waals surface area contributed by atoms with Crippen molar-refractivity contribution in [3.8, 4) is 0 Å². The maximum absolute atomic E-state index is 12.0. The summed E-state index contributed by atoms with van der Waals surface area (Å²) >= 11 is 0. The Bertz CT molecular complexity index is 432. The normalized spacial score (nSPS) is 17.0. The summed E-state index contributed by atoms with van der Waals surface area (Å²) in [5, 5.41) is 16.0. The van der Waals surface area contributed by atoms with Crippen LogP contribution in [-0.2, 0) is 4.79 Å². The molecule has 1 amide bonds. The molecule has 1 saturated heterocycles. The maximum atomic E-state index is 12.0. The molecule has 1 aliphatic heterocycles. The molecule has 2 unspecified atom stereocenters. The smallest absolute Gasteiger partial charge is 0.222 e. The largest absolute Gasteiger partial charge is 0.396 e. The highest BCUT2D eigenvalue weighted by molar-refractivity contribution is 14.0. The second kappa shape index (κ2) is 15.4. The van der Waals surface area contributed by atoms with Gasteiger partial charge in [0.05, 0.1) is 0 Å². The minimum atomic E-state index is 0. The molecule has 0 bridgehead atoms. The average Bonchev–Trinajstić information content (AvgIpc) is 3.02. The number of carbonyl (C=O) groups is 1. The fourth-order valence-corrected chi connectivity index (χ4v) is 3.69. The number of halogens is 1. The first-order valence-electron chi connectivity index (χ1n) is 10.4. The minimum absolute atomic E-state index is 0. The molecule has 0 aliphatic carbocycles. The van der Waals surface area contributed by atoms with Crippen molar-refractivity contribution < 1.29 is 9.90 Å². The Morgan fingerprint density at radius 2 is 2.00 bits per heavy atom. The Morgan fingerprint density at radius 1 is 1.26 bits per heavy atom. The molecule has 2 atom stereocenters. The SMILES string of the molecule is CCNC(=NCC(CCO)CC(C)C)NCCC(CC)N1CCCC1=O.I. The van der Waals surface area contributed by atoms with E-state index >= 15 is 0 Å². The van der Waals surface area contributed by atoms with Gasteiger partial charge in [-0.2, -0.15) is 0 Å². The fraction of sp³-hybridized carbons (Fsp3) is 0.900. The summed E-state index contributed by atoms with van der Waals surface area (Å²) in [5.74, 6) is 2.17. The first kappa shape index (κ1) is 26.4. The van der Waals surface area contributed by atoms with Gasteiger partial charge in [0, 0.05) is 45.2 Å². The number of likely N-dealkylation sites (tertiary alicyclic amines) is 1. The quantitative estimate of drug-likeness (QED) is 0.221. The number of rotatable bonds is 12. The summed E-state index contributed by atoms with van der Waals surface area (Å²) in [5.41, 5.74) is 0. The van der Waals surface area contributed by atoms with Gasteiger partial charge in [-0.15, -0.1) is 24.0 Å². The highest BCUT2D eigenvalue weighted by Crippen LogP contribution is 2.18. The number of aliphatic imine (C=N–C) groups is 1. The van der Waals surface area contributed by atoms with Crippen LogP contribution in [0.15, 0.2) is 4.99 Å². The average molecular weight is 496 g/mol. The first-order valence-corrected chi connectivity index (χ1v) is 10.4. The van der Waals surface area contributed by atoms with Crippen LogP contribution in [0, 0.1) is 11.8 Å². The molecule has 1 heterocycles. The van der Waals surface area contributed by atoms with Crippen LogP contribution in [0.4, 0.5) is 0 Å². The number of hydrogen-bond acceptors (Lipinski definition) is 3. The lowest BCUT2D eigenvalue weighted by Gasteiger charge is -2.27. The molecule has 1 aliphatic rings. The van der Waals surface area contributed by atoms with Gasteiger partial charge < -0.3 is 20.6 Å². The zero-order valence-corrected chi connectivity index (χ0v) is 20.0. The number of guanidine groups is 1. The summed E-state index contributed by atoms with van der Waals surface area (Å²) in [7, 11) is 0. The number of amides is 1. The lowest BCUT2D eigenvalue weighted by Crippen LogP contribution is -2.42. The van der Waals surface area contributed by atoms with Gasteiger partial charge in [-0.3, -0.25) is 9.79 Å². The van der Waals surface area contributed by atoms with Gasteiger partial charge in [0.2, 0.25) is 5.91 Å². The van der Waals surface area contributed by atoms with E-state index in [9.17, 15) is 9.90 Å². The fourth-order valence-electron chi connectivity index (χ4n) is 3.69. The molecule has 0 radical (unpaired) electrons. The summed E-state index contributed by atoms with van der Waals surface area (Å²) in [6, 6.07) is 0.323. The number of hydrogen-bond donors (Lipinski definition) is 3. The number of nitrogens with zero attached hydrogens (tertiary/aromatic N) is 2. The summed E-state index contributed by atoms with van der Waals surface area (Å²) in [6.07, 6.45) is 5.52. The molecule has 0 spiro atoms. The molecule has 0 saturated carbocycles. The standard InChI is InChI=1S/C20H40N4O2.HI/c1-5-18(24-12-7-8-19(24)26)9-11-22-20(21-6-2)23-15-17(10-13-25)14-16(3)4;/h16-18,25H,5-15H2,1-4H3,(H2,21,22,23);1H. The number of aliphatic hydroxyl groups excluding tert-OH is 1. The number of carbonyl (C=O) groups excluding carboxylic acids is 1. The van der Waals surface area contributed by atoms with Crippen molar-refractivity contribution in [3.05, 3.63) is 0 Å². The molecule has 3 N–H and O–H groups in total. The molecule has 1 rings (SSSR count). The second-order valence-electron chi connectivity index (χ2n) is 7.70. The van der Waals surface area contributed by atoms with Crippen LogP contribution in [-0.4, -0.2) is 60.7 Å². The first-order chi connectivity index (χ1) is 12.5. The Kier molecular flexibility index (Phi) is 15.0. The van der Waals surface area contributed by atoms with Crippen LogP contribution < -0.4 is 10.6 Å². The maximum Gasteiger partial charge on any atom is 0.222 e. The Hall–Kier alpha value is -0.570. The van der Waals surface area contributed by atoms with Gasteiger partial charge in [0.25, 0.3) is 0 Å². The van der Waals surface area contributed by atoms with Crippen molar-refractivity contribution in [1.82, 2.24) is 15.5 Å². The van der Waals surface area contributed by atoms with E-state index in [1.807, 2.05) is 4.90 Å². The third-order valence-corrected chi connectivity index (χ3v) is 4.99. The molecular formula is C20H41IN4O2. The molecule has 6 nitrogen and oxygen atoms in total. The van der Waals surface area contributed by atoms with Crippen LogP contribution in [0.3, 0.4) is 0 Å². The number of nitrogens with one attached hydrogen (secondary N) is 2. The van der Waals surface area contributed by atoms with Gasteiger partial charge in [0.15, 0.2) is 5.96 Å². The van der Waals surface area contributed by atoms with Crippen molar-refractivity contribution in [2.75, 3.05) is 32.8 Å². The summed E-state index contributed by atoms with van der Waals surface area (Å²) in [4.78, 5) is 18.7. The lowest BCUT2D eigenvalue weighted by molar-refractivity contribution is -0.129. The zero-order valence-electron chi connectivity index (χ0n) is 17.7. The van der Waals surface area contributed by atoms with Crippen LogP contribution in [0.5, 0.6) is 0 Å². The van der Waals surface area contributed by atoms with Crippen molar-refractivity contribution in [3.63, 3.8) is 0 Å². The Balaban J connectivity index is 0.00000676. The predicted molar refractivity (Wildman–Crippen MR) is 124 cm³/mol. The van der Waals surface area contributed by atoms with Crippen molar-refractivity contribution >= 4 is 35.8 Å². The topological polar surface area (TPSA) is 77.0 Å². The van der Waals surface area contributed by atoms with Gasteiger partial charge >= 0.3 is 0 Å². The summed E-state index contributed by atoms with van der Waals surface area (Å²) < 4.78 is 0. The lowest BCUT2D eigenvalue weighted by atomic mass is 9.94. The molecular weight excluding hydrogens is 455 g/mol. The van der Waals surface area contributed by atoms with E-state index in [4.69, 9.17) is 4.99 Å². The van der Waals surface area contributed by atoms with Gasteiger partial charge in [-0.1, -0.05) is 20.8 Å². The molecule has 0 aromatic rings. The zero-order chi connectivity index (χ0) is 19.4. The molecule has 0 aromatic carbocycles. The molecule has 7 heteroatoms. The molecule has 27 heavy (non-hydrogen) atoms. The van der Waals surface area contributed by atoms with Crippen LogP contribution in [0.1, 0.15) is 66.2 Å². The van der Waals surface area contributed by atoms with E-state index < -0.39 is 0 Å². The van der Waals surface area contributed by atoms with Gasteiger partial charge in [0.1, 0.15) is 0 Å². The minimum Gasteiger partial charge on any atom is -0.396 e. The van der Waals surface area contributed by atoms with Gasteiger partial charge in [-0.05, 0) is 50.9 Å². The Morgan fingerprint density at radius 3 is 2.52 bits per heavy atom. The predicted octanol–water partition coefficient (Wildman–Crippen LogP) is 3.00. The van der Waals surface area contributed by atoms with Crippen LogP contribution in [0.25, 0.3) is 0 Å². The van der Waals surface area contributed by atoms with Crippen molar-refractivity contribution in [1.29, 1.82) is 0 Å². The van der Waals surface area contributed by atoms with E-state index in [-0.39, 0.29) is 30.6 Å². The van der Waals surface area contributed by atoms with Gasteiger partial charge in [-0.25, -0.2) is 0 Å². The highest BCUT2D eigenvalue weighted by Gasteiger charge is 2.26. The van der Waals surface area contributed by atoms with Crippen LogP contribution >= 0.6 is 24.0 Å². The van der Waals surface area contributed by atoms with E-state index in [2.05, 4.69) is 38.3 Å². The third kappa shape index (κ3) is 10.5. The van der Waals surface area contributed by atoms with E-state index in [1.165, 1.54) is 0 Å².